The lowest BCUT2D eigenvalue weighted by molar-refractivity contribution is -0.131. The minimum Gasteiger partial charge on any atom is -0.466 e. The molecule has 5 rings (SSSR count). The number of imidazole rings is 1. The molecule has 1 aliphatic heterocycles. The summed E-state index contributed by atoms with van der Waals surface area (Å²) in [5.41, 5.74) is 1.29. The van der Waals surface area contributed by atoms with Gasteiger partial charge in [0.2, 0.25) is 5.88 Å². The van der Waals surface area contributed by atoms with Crippen LogP contribution in [0.1, 0.15) is 30.6 Å². The van der Waals surface area contributed by atoms with E-state index >= 15 is 0 Å². The number of amides is 1. The van der Waals surface area contributed by atoms with E-state index in [-0.39, 0.29) is 30.0 Å². The highest BCUT2D eigenvalue weighted by Gasteiger charge is 2.47. The monoisotopic (exact) mass is 456 g/mol. The van der Waals surface area contributed by atoms with Gasteiger partial charge < -0.3 is 14.6 Å². The Hall–Kier alpha value is -3.62. The lowest BCUT2D eigenvalue weighted by atomic mass is 10.0. The number of carbonyl (C=O) groups is 1. The Morgan fingerprint density at radius 2 is 1.97 bits per heavy atom. The molecule has 4 aromatic rings. The Morgan fingerprint density at radius 3 is 2.79 bits per heavy atom. The van der Waals surface area contributed by atoms with Crippen LogP contribution in [0.2, 0.25) is 0 Å². The average Bonchev–Trinajstić information content (AvgIpc) is 3.29. The summed E-state index contributed by atoms with van der Waals surface area (Å²) in [4.78, 5) is 25.4. The van der Waals surface area contributed by atoms with E-state index in [2.05, 4.69) is 15.0 Å². The number of nitrogens with one attached hydrogen (secondary N) is 1. The second-order valence-electron chi connectivity index (χ2n) is 7.46. The van der Waals surface area contributed by atoms with Crippen molar-refractivity contribution in [2.75, 3.05) is 13.1 Å². The molecule has 0 spiro atoms. The van der Waals surface area contributed by atoms with E-state index in [0.717, 1.165) is 11.5 Å². The Morgan fingerprint density at radius 1 is 1.18 bits per heavy atom. The Kier molecular flexibility index (Phi) is 6.22. The number of likely N-dealkylation sites (tertiary alicyclic amines) is 1. The van der Waals surface area contributed by atoms with Crippen molar-refractivity contribution >= 4 is 27.8 Å². The molecule has 33 heavy (non-hydrogen) atoms. The number of carbonyl (C=O) groups excluding carboxylic acids is 1. The molecule has 1 N–H and O–H groups in total. The summed E-state index contributed by atoms with van der Waals surface area (Å²) in [5, 5.41) is 0.858. The van der Waals surface area contributed by atoms with Crippen LogP contribution in [0.3, 0.4) is 0 Å². The summed E-state index contributed by atoms with van der Waals surface area (Å²) < 4.78 is 48.7. The van der Waals surface area contributed by atoms with Crippen LogP contribution in [-0.4, -0.2) is 50.9 Å². The van der Waals surface area contributed by atoms with Crippen LogP contribution in [0, 0.1) is 5.82 Å². The quantitative estimate of drug-likeness (QED) is 0.460. The number of halogens is 3. The molecule has 0 bridgehead atoms. The average molecular weight is 456 g/mol. The molecule has 1 amide bonds. The number of aromatic nitrogens is 3. The van der Waals surface area contributed by atoms with E-state index in [1.807, 2.05) is 26.0 Å². The molecule has 172 valence electrons. The first-order chi connectivity index (χ1) is 15.9. The van der Waals surface area contributed by atoms with Crippen molar-refractivity contribution < 1.29 is 22.7 Å². The third-order valence-electron chi connectivity index (χ3n) is 5.41. The molecule has 1 atom stereocenters. The largest absolute Gasteiger partial charge is 0.466 e. The van der Waals surface area contributed by atoms with Crippen LogP contribution < -0.4 is 4.74 Å². The maximum absolute atomic E-state index is 14.6. The molecule has 2 aromatic carbocycles. The Labute approximate surface area is 188 Å². The predicted molar refractivity (Wildman–Crippen MR) is 119 cm³/mol. The summed E-state index contributed by atoms with van der Waals surface area (Å²) in [6.45, 7) is 3.46. The molecule has 0 radical (unpaired) electrons. The number of hydrogen-bond donors (Lipinski definition) is 1. The molecule has 1 unspecified atom stereocenters. The van der Waals surface area contributed by atoms with Gasteiger partial charge in [-0.3, -0.25) is 4.79 Å². The molecule has 0 saturated carbocycles. The van der Waals surface area contributed by atoms with Crippen molar-refractivity contribution in [1.29, 1.82) is 0 Å². The first-order valence-corrected chi connectivity index (χ1v) is 10.7. The van der Waals surface area contributed by atoms with Gasteiger partial charge in [-0.25, -0.2) is 23.1 Å². The number of ether oxygens (including phenoxy) is 1. The molecule has 1 fully saturated rings. The number of aromatic amines is 1. The molecular weight excluding hydrogens is 433 g/mol. The van der Waals surface area contributed by atoms with Crippen molar-refractivity contribution in [3.05, 3.63) is 66.2 Å². The first kappa shape index (κ1) is 22.6. The van der Waals surface area contributed by atoms with Crippen LogP contribution >= 0.6 is 0 Å². The predicted octanol–water partition coefficient (Wildman–Crippen LogP) is 5.21. The third-order valence-corrected chi connectivity index (χ3v) is 5.41. The van der Waals surface area contributed by atoms with Gasteiger partial charge in [-0.15, -0.1) is 0 Å². The fourth-order valence-electron chi connectivity index (χ4n) is 3.78. The van der Waals surface area contributed by atoms with Gasteiger partial charge in [0, 0.05) is 24.4 Å². The molecule has 9 heteroatoms. The molecule has 3 heterocycles. The van der Waals surface area contributed by atoms with Crippen LogP contribution in [0.25, 0.3) is 21.9 Å². The van der Waals surface area contributed by atoms with Gasteiger partial charge in [-0.1, -0.05) is 32.0 Å². The van der Waals surface area contributed by atoms with E-state index in [0.29, 0.717) is 11.0 Å². The van der Waals surface area contributed by atoms with Gasteiger partial charge in [0.05, 0.1) is 29.5 Å². The smallest absolute Gasteiger partial charge is 0.287 e. The van der Waals surface area contributed by atoms with Crippen LogP contribution in [0.4, 0.5) is 13.2 Å². The number of alkyl halides is 2. The van der Waals surface area contributed by atoms with E-state index < -0.39 is 30.2 Å². The Bertz CT molecular complexity index is 1290. The summed E-state index contributed by atoms with van der Waals surface area (Å²) in [6, 6.07) is 12.8. The standard InChI is InChI=1S/C22H17F3N4O2.C2H6/c23-14-9-15(20-17(10-14)26-12-27-20)21(30)29-8-7-22(24,25)18(11-29)31-19-6-5-13-3-1-2-4-16(13)28-19;1-2/h1-6,9-10,12,18H,7-8,11H2,(H,26,27);1-2H3. The summed E-state index contributed by atoms with van der Waals surface area (Å²) in [6.07, 6.45) is -0.805. The van der Waals surface area contributed by atoms with E-state index in [9.17, 15) is 18.0 Å². The van der Waals surface area contributed by atoms with Crippen LogP contribution in [0.15, 0.2) is 54.9 Å². The number of fused-ring (bicyclic) bond motifs is 2. The number of piperidine rings is 1. The zero-order chi connectivity index (χ0) is 23.6. The zero-order valence-electron chi connectivity index (χ0n) is 18.2. The van der Waals surface area contributed by atoms with Crippen molar-refractivity contribution in [2.45, 2.75) is 32.3 Å². The SMILES string of the molecule is CC.O=C(c1cc(F)cc2[nH]cnc12)N1CCC(F)(F)C(Oc2ccc3ccccc3n2)C1. The topological polar surface area (TPSA) is 71.1 Å². The Balaban J connectivity index is 0.00000126. The van der Waals surface area contributed by atoms with E-state index in [1.165, 1.54) is 23.4 Å². The first-order valence-electron chi connectivity index (χ1n) is 10.7. The maximum atomic E-state index is 14.6. The minimum atomic E-state index is -3.15. The number of pyridine rings is 1. The highest BCUT2D eigenvalue weighted by molar-refractivity contribution is 6.04. The number of hydrogen-bond acceptors (Lipinski definition) is 4. The minimum absolute atomic E-state index is 0.0176. The van der Waals surface area contributed by atoms with Gasteiger partial charge in [-0.05, 0) is 24.3 Å². The van der Waals surface area contributed by atoms with Gasteiger partial charge in [-0.2, -0.15) is 0 Å². The highest BCUT2D eigenvalue weighted by atomic mass is 19.3. The van der Waals surface area contributed by atoms with Crippen LogP contribution in [-0.2, 0) is 0 Å². The number of benzene rings is 2. The number of para-hydroxylation sites is 1. The third kappa shape index (κ3) is 4.48. The number of H-pyrrole nitrogens is 1. The summed E-state index contributed by atoms with van der Waals surface area (Å²) in [5.74, 6) is -4.28. The molecule has 1 aliphatic rings. The molecule has 2 aromatic heterocycles. The molecular formula is C24H23F3N4O2. The second-order valence-corrected chi connectivity index (χ2v) is 7.46. The maximum Gasteiger partial charge on any atom is 0.287 e. The van der Waals surface area contributed by atoms with E-state index in [1.54, 1.807) is 18.2 Å². The molecule has 6 nitrogen and oxygen atoms in total. The van der Waals surface area contributed by atoms with Crippen molar-refractivity contribution in [3.63, 3.8) is 0 Å². The van der Waals surface area contributed by atoms with E-state index in [4.69, 9.17) is 4.74 Å². The summed E-state index contributed by atoms with van der Waals surface area (Å²) in [7, 11) is 0. The van der Waals surface area contributed by atoms with Gasteiger partial charge in [0.15, 0.2) is 6.10 Å². The normalized spacial score (nSPS) is 17.5. The lowest BCUT2D eigenvalue weighted by Gasteiger charge is -2.38. The summed E-state index contributed by atoms with van der Waals surface area (Å²) >= 11 is 0. The highest BCUT2D eigenvalue weighted by Crippen LogP contribution is 2.33. The second kappa shape index (κ2) is 9.09. The van der Waals surface area contributed by atoms with Crippen molar-refractivity contribution in [2.24, 2.45) is 0 Å². The van der Waals surface area contributed by atoms with Gasteiger partial charge >= 0.3 is 0 Å². The number of nitrogens with zero attached hydrogens (tertiary/aromatic N) is 3. The van der Waals surface area contributed by atoms with Gasteiger partial charge in [0.1, 0.15) is 11.3 Å². The van der Waals surface area contributed by atoms with Crippen molar-refractivity contribution in [1.82, 2.24) is 19.9 Å². The molecule has 1 saturated heterocycles. The fraction of sp³-hybridized carbons (Fsp3) is 0.292. The fourth-order valence-corrected chi connectivity index (χ4v) is 3.78. The molecule has 0 aliphatic carbocycles. The van der Waals surface area contributed by atoms with Gasteiger partial charge in [0.25, 0.3) is 11.8 Å². The lowest BCUT2D eigenvalue weighted by Crippen LogP contribution is -2.55. The van der Waals surface area contributed by atoms with Crippen molar-refractivity contribution in [3.8, 4) is 5.88 Å². The number of rotatable bonds is 3. The zero-order valence-corrected chi connectivity index (χ0v) is 18.2. The van der Waals surface area contributed by atoms with Crippen LogP contribution in [0.5, 0.6) is 5.88 Å².